The van der Waals surface area contributed by atoms with Crippen molar-refractivity contribution in [2.45, 2.75) is 26.8 Å². The second kappa shape index (κ2) is 9.84. The summed E-state index contributed by atoms with van der Waals surface area (Å²) in [5, 5.41) is 3.06. The van der Waals surface area contributed by atoms with E-state index in [2.05, 4.69) is 24.1 Å². The number of hydrogen-bond acceptors (Lipinski definition) is 3. The minimum absolute atomic E-state index is 0. The summed E-state index contributed by atoms with van der Waals surface area (Å²) in [4.78, 5) is 16.5. The van der Waals surface area contributed by atoms with Gasteiger partial charge in [0.2, 0.25) is 5.91 Å². The van der Waals surface area contributed by atoms with E-state index < -0.39 is 0 Å². The normalized spacial score (nSPS) is 17.9. The molecule has 0 radical (unpaired) electrons. The van der Waals surface area contributed by atoms with Crippen LogP contribution in [0, 0.1) is 5.92 Å². The number of nitrogens with zero attached hydrogens (tertiary/aromatic N) is 2. The van der Waals surface area contributed by atoms with Crippen molar-refractivity contribution in [1.29, 1.82) is 0 Å². The number of nitrogens with one attached hydrogen (secondary N) is 1. The van der Waals surface area contributed by atoms with Crippen LogP contribution in [0.15, 0.2) is 0 Å². The van der Waals surface area contributed by atoms with E-state index in [9.17, 15) is 4.79 Å². The smallest absolute Gasteiger partial charge is 0.226 e. The molecular weight excluding hydrogens is 273 g/mol. The molecule has 1 fully saturated rings. The molecule has 1 saturated heterocycles. The first-order valence-corrected chi connectivity index (χ1v) is 6.23. The molecule has 6 heteroatoms. The molecule has 4 nitrogen and oxygen atoms in total. The number of rotatable bonds is 4. The molecule has 110 valence electrons. The number of halogens is 2. The highest BCUT2D eigenvalue weighted by Crippen LogP contribution is 2.09. The van der Waals surface area contributed by atoms with Crippen LogP contribution in [0.25, 0.3) is 0 Å². The molecule has 0 bridgehead atoms. The monoisotopic (exact) mass is 299 g/mol. The minimum Gasteiger partial charge on any atom is -0.340 e. The van der Waals surface area contributed by atoms with Crippen molar-refractivity contribution in [3.63, 3.8) is 0 Å². The fourth-order valence-electron chi connectivity index (χ4n) is 2.16. The quantitative estimate of drug-likeness (QED) is 0.848. The van der Waals surface area contributed by atoms with Crippen molar-refractivity contribution < 1.29 is 4.79 Å². The van der Waals surface area contributed by atoms with Crippen LogP contribution in [-0.4, -0.2) is 61.5 Å². The zero-order chi connectivity index (χ0) is 12.1. The number of piperazine rings is 1. The van der Waals surface area contributed by atoms with Gasteiger partial charge in [-0.05, 0) is 20.9 Å². The predicted octanol–water partition coefficient (Wildman–Crippen LogP) is 1.24. The largest absolute Gasteiger partial charge is 0.340 e. The summed E-state index contributed by atoms with van der Waals surface area (Å²) in [6.07, 6.45) is 0. The summed E-state index contributed by atoms with van der Waals surface area (Å²) in [5.74, 6) is 0.383. The third kappa shape index (κ3) is 5.74. The maximum atomic E-state index is 12.0. The summed E-state index contributed by atoms with van der Waals surface area (Å²) in [6, 6.07) is 0.590. The summed E-state index contributed by atoms with van der Waals surface area (Å²) in [6.45, 7) is 11.0. The Kier molecular flexibility index (Phi) is 11.1. The molecule has 18 heavy (non-hydrogen) atoms. The van der Waals surface area contributed by atoms with Crippen LogP contribution in [0.2, 0.25) is 0 Å². The van der Waals surface area contributed by atoms with E-state index in [1.807, 2.05) is 18.9 Å². The van der Waals surface area contributed by atoms with Gasteiger partial charge in [0.05, 0.1) is 0 Å². The fourth-order valence-corrected chi connectivity index (χ4v) is 2.16. The first-order valence-electron chi connectivity index (χ1n) is 6.23. The third-order valence-corrected chi connectivity index (χ3v) is 3.29. The summed E-state index contributed by atoms with van der Waals surface area (Å²) in [7, 11) is 1.89. The summed E-state index contributed by atoms with van der Waals surface area (Å²) < 4.78 is 0. The van der Waals surface area contributed by atoms with Gasteiger partial charge in [-0.3, -0.25) is 9.69 Å². The van der Waals surface area contributed by atoms with Gasteiger partial charge in [0.1, 0.15) is 0 Å². The lowest BCUT2D eigenvalue weighted by Crippen LogP contribution is -2.52. The molecule has 0 aromatic carbocycles. The van der Waals surface area contributed by atoms with E-state index >= 15 is 0 Å². The Balaban J connectivity index is 0. The first kappa shape index (κ1) is 20.3. The van der Waals surface area contributed by atoms with Crippen LogP contribution in [0.5, 0.6) is 0 Å². The lowest BCUT2D eigenvalue weighted by molar-refractivity contribution is -0.136. The molecule has 1 heterocycles. The van der Waals surface area contributed by atoms with Crippen molar-refractivity contribution >= 4 is 30.7 Å². The second-order valence-electron chi connectivity index (χ2n) is 4.91. The average molecular weight is 300 g/mol. The number of hydrogen-bond donors (Lipinski definition) is 1. The highest BCUT2D eigenvalue weighted by atomic mass is 35.5. The van der Waals surface area contributed by atoms with Crippen molar-refractivity contribution in [2.75, 3.05) is 39.8 Å². The Morgan fingerprint density at radius 3 is 2.00 bits per heavy atom. The molecule has 0 aromatic heterocycles. The van der Waals surface area contributed by atoms with Gasteiger partial charge in [-0.25, -0.2) is 0 Å². The molecule has 1 N–H and O–H groups in total. The molecule has 0 spiro atoms. The van der Waals surface area contributed by atoms with Gasteiger partial charge in [0, 0.05) is 44.7 Å². The lowest BCUT2D eigenvalue weighted by Gasteiger charge is -2.37. The Morgan fingerprint density at radius 2 is 1.61 bits per heavy atom. The topological polar surface area (TPSA) is 35.6 Å². The zero-order valence-corrected chi connectivity index (χ0v) is 13.4. The molecule has 1 atom stereocenters. The number of amides is 1. The molecule has 1 rings (SSSR count). The predicted molar refractivity (Wildman–Crippen MR) is 80.9 cm³/mol. The van der Waals surface area contributed by atoms with Crippen LogP contribution < -0.4 is 5.32 Å². The first-order chi connectivity index (χ1) is 7.56. The van der Waals surface area contributed by atoms with Crippen molar-refractivity contribution in [2.24, 2.45) is 5.92 Å². The Labute approximate surface area is 123 Å². The lowest BCUT2D eigenvalue weighted by atomic mass is 10.1. The highest BCUT2D eigenvalue weighted by molar-refractivity contribution is 5.85. The van der Waals surface area contributed by atoms with E-state index in [0.29, 0.717) is 6.04 Å². The van der Waals surface area contributed by atoms with E-state index in [4.69, 9.17) is 0 Å². The van der Waals surface area contributed by atoms with Gasteiger partial charge in [0.25, 0.3) is 0 Å². The van der Waals surface area contributed by atoms with E-state index in [1.165, 1.54) is 0 Å². The molecule has 1 aliphatic rings. The third-order valence-electron chi connectivity index (χ3n) is 3.29. The number of carbonyl (C=O) groups is 1. The number of carbonyl (C=O) groups excluding carboxylic acids is 1. The van der Waals surface area contributed by atoms with Gasteiger partial charge in [0.15, 0.2) is 0 Å². The van der Waals surface area contributed by atoms with E-state index in [-0.39, 0.29) is 36.6 Å². The maximum absolute atomic E-state index is 12.0. The van der Waals surface area contributed by atoms with Crippen LogP contribution in [0.3, 0.4) is 0 Å². The summed E-state index contributed by atoms with van der Waals surface area (Å²) >= 11 is 0. The summed E-state index contributed by atoms with van der Waals surface area (Å²) in [5.41, 5.74) is 0. The van der Waals surface area contributed by atoms with Crippen LogP contribution in [-0.2, 0) is 4.79 Å². The Bertz CT molecular complexity index is 231. The fraction of sp³-hybridized carbons (Fsp3) is 0.917. The molecule has 0 saturated carbocycles. The molecular formula is C12H27Cl2N3O. The zero-order valence-electron chi connectivity index (χ0n) is 11.8. The highest BCUT2D eigenvalue weighted by Gasteiger charge is 2.25. The van der Waals surface area contributed by atoms with E-state index in [1.54, 1.807) is 0 Å². The van der Waals surface area contributed by atoms with Gasteiger partial charge < -0.3 is 10.2 Å². The maximum Gasteiger partial charge on any atom is 0.226 e. The van der Waals surface area contributed by atoms with E-state index in [0.717, 1.165) is 32.7 Å². The van der Waals surface area contributed by atoms with Crippen molar-refractivity contribution in [3.05, 3.63) is 0 Å². The molecule has 0 aliphatic carbocycles. The van der Waals surface area contributed by atoms with Crippen LogP contribution in [0.4, 0.5) is 0 Å². The van der Waals surface area contributed by atoms with Crippen LogP contribution >= 0.6 is 24.8 Å². The van der Waals surface area contributed by atoms with Gasteiger partial charge >= 0.3 is 0 Å². The SMILES string of the molecule is CNCC(C)C(=O)N1CCN(C(C)C)CC1.Cl.Cl. The molecule has 1 amide bonds. The van der Waals surface area contributed by atoms with Gasteiger partial charge in [-0.1, -0.05) is 6.92 Å². The Hall–Kier alpha value is -0.0300. The van der Waals surface area contributed by atoms with Crippen LogP contribution in [0.1, 0.15) is 20.8 Å². The van der Waals surface area contributed by atoms with Crippen molar-refractivity contribution in [3.8, 4) is 0 Å². The van der Waals surface area contributed by atoms with Gasteiger partial charge in [-0.2, -0.15) is 0 Å². The minimum atomic E-state index is 0. The molecule has 1 unspecified atom stereocenters. The standard InChI is InChI=1S/C12H25N3O.2ClH/c1-10(2)14-5-7-15(8-6-14)12(16)11(3)9-13-4;;/h10-11,13H,5-9H2,1-4H3;2*1H. The van der Waals surface area contributed by atoms with Crippen molar-refractivity contribution in [1.82, 2.24) is 15.1 Å². The average Bonchev–Trinajstić information content (AvgIpc) is 2.28. The molecule has 1 aliphatic heterocycles. The second-order valence-corrected chi connectivity index (χ2v) is 4.91. The van der Waals surface area contributed by atoms with Gasteiger partial charge in [-0.15, -0.1) is 24.8 Å². The Morgan fingerprint density at radius 1 is 1.11 bits per heavy atom. The molecule has 0 aromatic rings.